The summed E-state index contributed by atoms with van der Waals surface area (Å²) in [4.78, 5) is 30.3. The van der Waals surface area contributed by atoms with Gasteiger partial charge >= 0.3 is 12.2 Å². The average Bonchev–Trinajstić information content (AvgIpc) is 3.31. The third-order valence-electron chi connectivity index (χ3n) is 7.30. The van der Waals surface area contributed by atoms with Crippen LogP contribution in [0.25, 0.3) is 11.3 Å². The topological polar surface area (TPSA) is 102 Å². The van der Waals surface area contributed by atoms with Gasteiger partial charge in [0.15, 0.2) is 17.4 Å². The standard InChI is InChI=1S/C28H28ClF3N6O4/c1-27(2)41-15-20(42-27)14-40-19-11-33-25(34-12-19)36-26(39)38-18-7-4-8-37(13-18)22-10-21(29)23(35-24(22)38)16-5-3-6-17(9-16)28(30,31)32/h3,5-6,9-12,18,20H,4,7-8,13-15H2,1-2H3,(H,33,34,36,39). The smallest absolute Gasteiger partial charge is 0.416 e. The predicted octanol–water partition coefficient (Wildman–Crippen LogP) is 5.76. The lowest BCUT2D eigenvalue weighted by Crippen LogP contribution is -2.56. The number of fused-ring (bicyclic) bond motifs is 4. The molecule has 0 spiro atoms. The summed E-state index contributed by atoms with van der Waals surface area (Å²) in [5.74, 6) is 0.104. The molecule has 2 saturated heterocycles. The van der Waals surface area contributed by atoms with Gasteiger partial charge in [0.25, 0.3) is 0 Å². The summed E-state index contributed by atoms with van der Waals surface area (Å²) in [5, 5.41) is 2.91. The second kappa shape index (κ2) is 10.9. The Kier molecular flexibility index (Phi) is 7.36. The summed E-state index contributed by atoms with van der Waals surface area (Å²) in [6.07, 6.45) is -0.294. The molecule has 42 heavy (non-hydrogen) atoms. The second-order valence-corrected chi connectivity index (χ2v) is 11.2. The number of anilines is 3. The molecule has 222 valence electrons. The van der Waals surface area contributed by atoms with E-state index < -0.39 is 23.6 Å². The molecule has 2 aromatic heterocycles. The van der Waals surface area contributed by atoms with E-state index in [1.165, 1.54) is 29.4 Å². The number of carbonyl (C=O) groups excluding carboxylic acids is 1. The minimum atomic E-state index is -4.53. The molecule has 0 saturated carbocycles. The van der Waals surface area contributed by atoms with Gasteiger partial charge in [-0.3, -0.25) is 10.2 Å². The maximum absolute atomic E-state index is 13.6. The number of hydrogen-bond donors (Lipinski definition) is 1. The Balaban J connectivity index is 1.23. The maximum atomic E-state index is 13.6. The SMILES string of the molecule is CC1(C)OCC(COc2cnc(NC(=O)N3c4nc(-c5cccc(C(F)(F)F)c5)c(Cl)cc4N4CCCC3C4)nc2)O1. The Hall–Kier alpha value is -3.68. The van der Waals surface area contributed by atoms with Crippen molar-refractivity contribution in [1.29, 1.82) is 0 Å². The van der Waals surface area contributed by atoms with Gasteiger partial charge in [0.05, 0.1) is 47.0 Å². The fourth-order valence-corrected chi connectivity index (χ4v) is 5.64. The molecule has 0 aliphatic carbocycles. The van der Waals surface area contributed by atoms with Crippen LogP contribution in [0, 0.1) is 0 Å². The number of aromatic nitrogens is 3. The number of rotatable bonds is 5. The van der Waals surface area contributed by atoms with Gasteiger partial charge in [-0.2, -0.15) is 13.2 Å². The first-order valence-corrected chi connectivity index (χ1v) is 13.8. The number of hydrogen-bond acceptors (Lipinski definition) is 8. The molecule has 2 bridgehead atoms. The van der Waals surface area contributed by atoms with Crippen LogP contribution in [-0.2, 0) is 15.7 Å². The van der Waals surface area contributed by atoms with E-state index in [0.29, 0.717) is 30.4 Å². The summed E-state index contributed by atoms with van der Waals surface area (Å²) in [6, 6.07) is 5.73. The Morgan fingerprint density at radius 2 is 2.02 bits per heavy atom. The first-order chi connectivity index (χ1) is 20.0. The molecule has 6 rings (SSSR count). The number of piperidine rings is 1. The highest BCUT2D eigenvalue weighted by atomic mass is 35.5. The number of nitrogens with zero attached hydrogens (tertiary/aromatic N) is 5. The number of benzene rings is 1. The Bertz CT molecular complexity index is 1490. The molecular formula is C28H28ClF3N6O4. The third kappa shape index (κ3) is 5.81. The molecule has 10 nitrogen and oxygen atoms in total. The number of halogens is 4. The van der Waals surface area contributed by atoms with E-state index in [1.807, 2.05) is 13.8 Å². The van der Waals surface area contributed by atoms with Gasteiger partial charge in [-0.15, -0.1) is 0 Å². The lowest BCUT2D eigenvalue weighted by molar-refractivity contribution is -0.141. The van der Waals surface area contributed by atoms with E-state index in [4.69, 9.17) is 25.8 Å². The lowest BCUT2D eigenvalue weighted by atomic mass is 9.99. The highest BCUT2D eigenvalue weighted by molar-refractivity contribution is 6.33. The molecule has 2 fully saturated rings. The zero-order valence-corrected chi connectivity index (χ0v) is 23.6. The minimum absolute atomic E-state index is 0.0563. The number of amides is 2. The van der Waals surface area contributed by atoms with Gasteiger partial charge in [0, 0.05) is 18.7 Å². The fraction of sp³-hybridized carbons (Fsp3) is 0.429. The first kappa shape index (κ1) is 28.4. The van der Waals surface area contributed by atoms with Crippen molar-refractivity contribution in [2.45, 2.75) is 50.8 Å². The second-order valence-electron chi connectivity index (χ2n) is 10.8. The van der Waals surface area contributed by atoms with Crippen LogP contribution < -0.4 is 19.9 Å². The molecule has 3 aliphatic rings. The van der Waals surface area contributed by atoms with E-state index in [-0.39, 0.29) is 41.0 Å². The highest BCUT2D eigenvalue weighted by Gasteiger charge is 2.39. The number of alkyl halides is 3. The normalized spacial score (nSPS) is 21.2. The van der Waals surface area contributed by atoms with Crippen molar-refractivity contribution in [3.63, 3.8) is 0 Å². The third-order valence-corrected chi connectivity index (χ3v) is 7.59. The van der Waals surface area contributed by atoms with E-state index in [0.717, 1.165) is 31.5 Å². The van der Waals surface area contributed by atoms with Crippen molar-refractivity contribution in [2.75, 3.05) is 41.4 Å². The van der Waals surface area contributed by atoms with E-state index in [9.17, 15) is 18.0 Å². The van der Waals surface area contributed by atoms with Crippen molar-refractivity contribution in [1.82, 2.24) is 15.0 Å². The summed E-state index contributed by atoms with van der Waals surface area (Å²) < 4.78 is 57.2. The van der Waals surface area contributed by atoms with Crippen LogP contribution in [0.2, 0.25) is 5.02 Å². The summed E-state index contributed by atoms with van der Waals surface area (Å²) in [5.41, 5.74) is 0.162. The van der Waals surface area contributed by atoms with Crippen LogP contribution in [0.3, 0.4) is 0 Å². The summed E-state index contributed by atoms with van der Waals surface area (Å²) in [6.45, 7) is 5.64. The van der Waals surface area contributed by atoms with Crippen LogP contribution in [0.5, 0.6) is 5.75 Å². The average molecular weight is 605 g/mol. The number of carbonyl (C=O) groups is 1. The van der Waals surface area contributed by atoms with Crippen LogP contribution in [0.4, 0.5) is 35.4 Å². The number of nitrogens with one attached hydrogen (secondary N) is 1. The maximum Gasteiger partial charge on any atom is 0.416 e. The van der Waals surface area contributed by atoms with E-state index in [2.05, 4.69) is 25.2 Å². The highest BCUT2D eigenvalue weighted by Crippen LogP contribution is 2.43. The van der Waals surface area contributed by atoms with Gasteiger partial charge in [0.1, 0.15) is 12.7 Å². The summed E-state index contributed by atoms with van der Waals surface area (Å²) >= 11 is 6.56. The van der Waals surface area contributed by atoms with Gasteiger partial charge < -0.3 is 19.1 Å². The molecule has 5 heterocycles. The summed E-state index contributed by atoms with van der Waals surface area (Å²) in [7, 11) is 0. The molecule has 1 N–H and O–H groups in total. The van der Waals surface area contributed by atoms with Crippen molar-refractivity contribution >= 4 is 35.1 Å². The van der Waals surface area contributed by atoms with E-state index >= 15 is 0 Å². The zero-order valence-electron chi connectivity index (χ0n) is 22.8. The van der Waals surface area contributed by atoms with Crippen LogP contribution in [-0.4, -0.2) is 65.2 Å². The van der Waals surface area contributed by atoms with Crippen molar-refractivity contribution < 1.29 is 32.2 Å². The Labute approximate surface area is 244 Å². The molecule has 3 aliphatic heterocycles. The number of ether oxygens (including phenoxy) is 3. The molecular weight excluding hydrogens is 577 g/mol. The van der Waals surface area contributed by atoms with Crippen LogP contribution in [0.15, 0.2) is 42.7 Å². The largest absolute Gasteiger partial charge is 0.488 e. The van der Waals surface area contributed by atoms with E-state index in [1.54, 1.807) is 6.07 Å². The molecule has 1 aromatic carbocycles. The number of pyridine rings is 1. The van der Waals surface area contributed by atoms with Crippen LogP contribution in [0.1, 0.15) is 32.3 Å². The molecule has 14 heteroatoms. The van der Waals surface area contributed by atoms with Crippen LogP contribution >= 0.6 is 11.6 Å². The van der Waals surface area contributed by atoms with Gasteiger partial charge in [-0.05, 0) is 44.9 Å². The van der Waals surface area contributed by atoms with Gasteiger partial charge in [0.2, 0.25) is 5.95 Å². The van der Waals surface area contributed by atoms with Gasteiger partial charge in [-0.1, -0.05) is 23.7 Å². The van der Waals surface area contributed by atoms with Crippen molar-refractivity contribution in [3.05, 3.63) is 53.3 Å². The molecule has 3 aromatic rings. The molecule has 2 unspecified atom stereocenters. The lowest BCUT2D eigenvalue weighted by Gasteiger charge is -2.45. The number of urea groups is 1. The zero-order chi connectivity index (χ0) is 29.6. The minimum Gasteiger partial charge on any atom is -0.488 e. The first-order valence-electron chi connectivity index (χ1n) is 13.5. The quantitative estimate of drug-likeness (QED) is 0.392. The fourth-order valence-electron chi connectivity index (χ4n) is 5.39. The van der Waals surface area contributed by atoms with Crippen molar-refractivity contribution in [3.8, 4) is 17.0 Å². The monoisotopic (exact) mass is 604 g/mol. The predicted molar refractivity (Wildman–Crippen MR) is 149 cm³/mol. The Morgan fingerprint density at radius 1 is 1.24 bits per heavy atom. The molecule has 2 atom stereocenters. The molecule has 2 amide bonds. The van der Waals surface area contributed by atoms with Gasteiger partial charge in [-0.25, -0.2) is 19.7 Å². The molecule has 0 radical (unpaired) electrons. The Morgan fingerprint density at radius 3 is 2.74 bits per heavy atom. The van der Waals surface area contributed by atoms with Crippen molar-refractivity contribution in [2.24, 2.45) is 0 Å².